The first kappa shape index (κ1) is 15.1. The third-order valence-corrected chi connectivity index (χ3v) is 4.84. The Balaban J connectivity index is 1.64. The molecule has 2 heterocycles. The van der Waals surface area contributed by atoms with E-state index in [4.69, 9.17) is 16.2 Å². The van der Waals surface area contributed by atoms with E-state index in [9.17, 15) is 0 Å². The van der Waals surface area contributed by atoms with E-state index in [2.05, 4.69) is 39.2 Å². The zero-order valence-corrected chi connectivity index (χ0v) is 13.5. The van der Waals surface area contributed by atoms with Gasteiger partial charge in [-0.1, -0.05) is 43.5 Å². The smallest absolute Gasteiger partial charge is 0.247 e. The van der Waals surface area contributed by atoms with Crippen LogP contribution in [0, 0.1) is 0 Å². The number of nitrogen functional groups attached to an aromatic ring is 1. The first-order chi connectivity index (χ1) is 11.7. The molecule has 1 unspecified atom stereocenters. The summed E-state index contributed by atoms with van der Waals surface area (Å²) < 4.78 is 5.64. The Bertz CT molecular complexity index is 765. The molecule has 1 aromatic carbocycles. The molecular formula is C18H21N5O. The third-order valence-electron chi connectivity index (χ3n) is 4.84. The van der Waals surface area contributed by atoms with Crippen LogP contribution in [-0.4, -0.2) is 21.9 Å². The van der Waals surface area contributed by atoms with Crippen molar-refractivity contribution in [3.8, 4) is 5.88 Å². The van der Waals surface area contributed by atoms with Gasteiger partial charge in [0.2, 0.25) is 5.88 Å². The number of hydrogen-bond donors (Lipinski definition) is 2. The zero-order valence-electron chi connectivity index (χ0n) is 13.5. The molecule has 2 aliphatic rings. The second kappa shape index (κ2) is 6.20. The van der Waals surface area contributed by atoms with Crippen LogP contribution in [0.5, 0.6) is 5.88 Å². The highest BCUT2D eigenvalue weighted by atomic mass is 16.5. The fourth-order valence-electron chi connectivity index (χ4n) is 3.52. The summed E-state index contributed by atoms with van der Waals surface area (Å²) in [7, 11) is 0. The normalized spacial score (nSPS) is 20.9. The van der Waals surface area contributed by atoms with Gasteiger partial charge in [0.25, 0.3) is 0 Å². The van der Waals surface area contributed by atoms with Gasteiger partial charge in [-0.3, -0.25) is 5.73 Å². The van der Waals surface area contributed by atoms with Crippen molar-refractivity contribution in [1.82, 2.24) is 9.97 Å². The van der Waals surface area contributed by atoms with Crippen molar-refractivity contribution in [3.63, 3.8) is 0 Å². The lowest BCUT2D eigenvalue weighted by Gasteiger charge is -2.24. The standard InChI is InChI=1S/C18H21N5O/c19-16-15-18(22-10-21-16)24-17(20)14(23-15)13-8-6-12(7-9-13)11-4-2-1-3-5-11/h6-11,17H,1-5,20H2,(H2,19,21,22). The van der Waals surface area contributed by atoms with Crippen LogP contribution in [0.25, 0.3) is 0 Å². The second-order valence-electron chi connectivity index (χ2n) is 6.41. The Morgan fingerprint density at radius 1 is 1.00 bits per heavy atom. The molecule has 1 aromatic heterocycles. The zero-order chi connectivity index (χ0) is 16.5. The highest BCUT2D eigenvalue weighted by molar-refractivity contribution is 6.06. The molecule has 0 spiro atoms. The minimum atomic E-state index is -0.660. The summed E-state index contributed by atoms with van der Waals surface area (Å²) >= 11 is 0. The van der Waals surface area contributed by atoms with Crippen molar-refractivity contribution in [2.75, 3.05) is 5.73 Å². The van der Waals surface area contributed by atoms with Crippen LogP contribution in [0.15, 0.2) is 35.6 Å². The Kier molecular flexibility index (Phi) is 3.90. The largest absolute Gasteiger partial charge is 0.451 e. The summed E-state index contributed by atoms with van der Waals surface area (Å²) in [6, 6.07) is 8.50. The Labute approximate surface area is 141 Å². The van der Waals surface area contributed by atoms with Crippen LogP contribution in [0.1, 0.15) is 49.1 Å². The van der Waals surface area contributed by atoms with Gasteiger partial charge in [-0.05, 0) is 24.3 Å². The molecule has 0 bridgehead atoms. The van der Waals surface area contributed by atoms with E-state index in [1.54, 1.807) is 0 Å². The van der Waals surface area contributed by atoms with Gasteiger partial charge < -0.3 is 10.5 Å². The van der Waals surface area contributed by atoms with Crippen LogP contribution in [0.3, 0.4) is 0 Å². The number of benzene rings is 1. The number of nitrogens with two attached hydrogens (primary N) is 2. The Morgan fingerprint density at radius 2 is 1.75 bits per heavy atom. The van der Waals surface area contributed by atoms with E-state index < -0.39 is 6.23 Å². The number of aliphatic imine (C=N–C) groups is 1. The van der Waals surface area contributed by atoms with Gasteiger partial charge in [-0.25, -0.2) is 9.98 Å². The number of hydrogen-bond acceptors (Lipinski definition) is 6. The van der Waals surface area contributed by atoms with E-state index >= 15 is 0 Å². The van der Waals surface area contributed by atoms with Crippen LogP contribution < -0.4 is 16.2 Å². The van der Waals surface area contributed by atoms with Crippen molar-refractivity contribution in [2.24, 2.45) is 10.7 Å². The van der Waals surface area contributed by atoms with Crippen molar-refractivity contribution in [3.05, 3.63) is 41.7 Å². The molecule has 6 nitrogen and oxygen atoms in total. The summed E-state index contributed by atoms with van der Waals surface area (Å²) in [5.74, 6) is 1.30. The van der Waals surface area contributed by atoms with E-state index in [0.29, 0.717) is 29.0 Å². The first-order valence-corrected chi connectivity index (χ1v) is 8.44. The average Bonchev–Trinajstić information content (AvgIpc) is 2.62. The highest BCUT2D eigenvalue weighted by Crippen LogP contribution is 2.35. The maximum atomic E-state index is 6.10. The van der Waals surface area contributed by atoms with Crippen molar-refractivity contribution >= 4 is 17.2 Å². The van der Waals surface area contributed by atoms with Crippen LogP contribution in [-0.2, 0) is 0 Å². The molecule has 2 aromatic rings. The molecule has 0 saturated heterocycles. The lowest BCUT2D eigenvalue weighted by Crippen LogP contribution is -2.39. The highest BCUT2D eigenvalue weighted by Gasteiger charge is 2.25. The predicted octanol–water partition coefficient (Wildman–Crippen LogP) is 2.90. The fraction of sp³-hybridized carbons (Fsp3) is 0.389. The first-order valence-electron chi connectivity index (χ1n) is 8.44. The molecule has 1 saturated carbocycles. The van der Waals surface area contributed by atoms with Crippen molar-refractivity contribution < 1.29 is 4.74 Å². The molecule has 4 rings (SSSR count). The number of anilines is 1. The van der Waals surface area contributed by atoms with Crippen molar-refractivity contribution in [2.45, 2.75) is 44.2 Å². The molecule has 124 valence electrons. The van der Waals surface area contributed by atoms with Gasteiger partial charge in [0.1, 0.15) is 12.0 Å². The van der Waals surface area contributed by atoms with Gasteiger partial charge in [0, 0.05) is 5.56 Å². The number of nitrogens with zero attached hydrogens (tertiary/aromatic N) is 3. The SMILES string of the molecule is Nc1ncnc2c1N=C(c1ccc(C3CCCCC3)cc1)C(N)O2. The second-order valence-corrected chi connectivity index (χ2v) is 6.41. The molecule has 24 heavy (non-hydrogen) atoms. The molecule has 6 heteroatoms. The van der Waals surface area contributed by atoms with Gasteiger partial charge >= 0.3 is 0 Å². The summed E-state index contributed by atoms with van der Waals surface area (Å²) in [4.78, 5) is 12.5. The van der Waals surface area contributed by atoms with Gasteiger partial charge in [-0.2, -0.15) is 4.98 Å². The molecule has 1 atom stereocenters. The van der Waals surface area contributed by atoms with Crippen molar-refractivity contribution in [1.29, 1.82) is 0 Å². The Morgan fingerprint density at radius 3 is 2.50 bits per heavy atom. The predicted molar refractivity (Wildman–Crippen MR) is 93.5 cm³/mol. The maximum Gasteiger partial charge on any atom is 0.247 e. The number of fused-ring (bicyclic) bond motifs is 1. The summed E-state index contributed by atoms with van der Waals surface area (Å²) in [6.45, 7) is 0. The topological polar surface area (TPSA) is 99.4 Å². The van der Waals surface area contributed by atoms with E-state index in [-0.39, 0.29) is 0 Å². The Hall–Kier alpha value is -2.47. The fourth-order valence-corrected chi connectivity index (χ4v) is 3.52. The van der Waals surface area contributed by atoms with E-state index in [1.165, 1.54) is 44.0 Å². The maximum absolute atomic E-state index is 6.10. The third kappa shape index (κ3) is 2.73. The summed E-state index contributed by atoms with van der Waals surface area (Å²) in [5, 5.41) is 0. The molecule has 1 aliphatic carbocycles. The molecular weight excluding hydrogens is 302 g/mol. The number of rotatable bonds is 2. The van der Waals surface area contributed by atoms with Gasteiger partial charge in [-0.15, -0.1) is 0 Å². The minimum absolute atomic E-state index is 0.295. The van der Waals surface area contributed by atoms with Crippen LogP contribution in [0.2, 0.25) is 0 Å². The molecule has 0 amide bonds. The quantitative estimate of drug-likeness (QED) is 0.885. The van der Waals surface area contributed by atoms with Gasteiger partial charge in [0.05, 0.1) is 0 Å². The lowest BCUT2D eigenvalue weighted by molar-refractivity contribution is 0.261. The number of ether oxygens (including phenoxy) is 1. The number of aromatic nitrogens is 2. The van der Waals surface area contributed by atoms with E-state index in [0.717, 1.165) is 5.56 Å². The van der Waals surface area contributed by atoms with Crippen LogP contribution in [0.4, 0.5) is 11.5 Å². The molecule has 4 N–H and O–H groups in total. The molecule has 0 radical (unpaired) electrons. The van der Waals surface area contributed by atoms with Crippen LogP contribution >= 0.6 is 0 Å². The average molecular weight is 323 g/mol. The minimum Gasteiger partial charge on any atom is -0.451 e. The monoisotopic (exact) mass is 323 g/mol. The summed E-state index contributed by atoms with van der Waals surface area (Å²) in [5.41, 5.74) is 15.4. The molecule has 1 fully saturated rings. The lowest BCUT2D eigenvalue weighted by atomic mass is 9.84. The molecule has 1 aliphatic heterocycles. The van der Waals surface area contributed by atoms with E-state index in [1.807, 2.05) is 0 Å². The summed E-state index contributed by atoms with van der Waals surface area (Å²) in [6.07, 6.45) is 7.27. The van der Waals surface area contributed by atoms with Gasteiger partial charge in [0.15, 0.2) is 17.7 Å².